The average molecular weight is 709 g/mol. The van der Waals surface area contributed by atoms with Gasteiger partial charge < -0.3 is 10.6 Å². The average Bonchev–Trinajstić information content (AvgIpc) is 3.12. The van der Waals surface area contributed by atoms with E-state index in [1.807, 2.05) is 91.0 Å². The number of fused-ring (bicyclic) bond motifs is 2. The Hall–Kier alpha value is -5.66. The van der Waals surface area contributed by atoms with Crippen LogP contribution in [0.3, 0.4) is 0 Å². The van der Waals surface area contributed by atoms with Gasteiger partial charge in [-0.2, -0.15) is 26.3 Å². The van der Waals surface area contributed by atoms with Crippen LogP contribution in [0, 0.1) is 0 Å². The molecule has 2 N–H and O–H groups in total. The Labute approximate surface area is 290 Å². The van der Waals surface area contributed by atoms with Crippen molar-refractivity contribution in [2.45, 2.75) is 12.4 Å². The van der Waals surface area contributed by atoms with Gasteiger partial charge in [0.1, 0.15) is 0 Å². The molecule has 0 unspecified atom stereocenters. The normalized spacial score (nSPS) is 12.0. The van der Waals surface area contributed by atoms with Crippen molar-refractivity contribution in [3.63, 3.8) is 0 Å². The van der Waals surface area contributed by atoms with E-state index < -0.39 is 43.1 Å². The van der Waals surface area contributed by atoms with Gasteiger partial charge in [-0.3, -0.25) is 0 Å². The van der Waals surface area contributed by atoms with Gasteiger partial charge in [0.25, 0.3) is 0 Å². The molecular weight excluding hydrogens is 681 g/mol. The Morgan fingerprint density at radius 2 is 0.961 bits per heavy atom. The van der Waals surface area contributed by atoms with Crippen LogP contribution < -0.4 is 26.5 Å². The van der Waals surface area contributed by atoms with E-state index in [9.17, 15) is 31.1 Å². The van der Waals surface area contributed by atoms with Gasteiger partial charge in [0, 0.05) is 16.8 Å². The summed E-state index contributed by atoms with van der Waals surface area (Å²) < 4.78 is 81.5. The van der Waals surface area contributed by atoms with Crippen molar-refractivity contribution in [2.24, 2.45) is 0 Å². The summed E-state index contributed by atoms with van der Waals surface area (Å²) in [4.78, 5) is 13.6. The zero-order valence-corrected chi connectivity index (χ0v) is 27.5. The fourth-order valence-corrected chi connectivity index (χ4v) is 8.72. The molecule has 0 fully saturated rings. The second-order valence-electron chi connectivity index (χ2n) is 11.8. The number of amides is 2. The highest BCUT2D eigenvalue weighted by Crippen LogP contribution is 2.45. The van der Waals surface area contributed by atoms with Crippen LogP contribution in [0.4, 0.5) is 42.5 Å². The van der Waals surface area contributed by atoms with Crippen molar-refractivity contribution >= 4 is 62.8 Å². The van der Waals surface area contributed by atoms with Crippen LogP contribution in [0.5, 0.6) is 0 Å². The number of urea groups is 1. The molecule has 0 aliphatic carbocycles. The summed E-state index contributed by atoms with van der Waals surface area (Å²) in [5, 5.41) is 11.7. The van der Waals surface area contributed by atoms with Crippen molar-refractivity contribution in [1.29, 1.82) is 0 Å². The highest BCUT2D eigenvalue weighted by Gasteiger charge is 2.37. The number of hydrogen-bond donors (Lipinski definition) is 2. The van der Waals surface area contributed by atoms with Crippen LogP contribution in [0.2, 0.25) is 0 Å². The molecule has 7 aromatic carbocycles. The minimum Gasteiger partial charge on any atom is -0.308 e. The Morgan fingerprint density at radius 1 is 0.490 bits per heavy atom. The number of anilines is 2. The number of carbonyl (C=O) groups is 1. The highest BCUT2D eigenvalue weighted by atomic mass is 31.1. The number of benzene rings is 7. The maximum atomic E-state index is 13.6. The largest absolute Gasteiger partial charge is 0.416 e. The maximum Gasteiger partial charge on any atom is 0.416 e. The van der Waals surface area contributed by atoms with Gasteiger partial charge in [-0.1, -0.05) is 127 Å². The summed E-state index contributed by atoms with van der Waals surface area (Å²) in [6.07, 6.45) is -10.1. The van der Waals surface area contributed by atoms with Gasteiger partial charge in [-0.05, 0) is 69.6 Å². The predicted octanol–water partition coefficient (Wildman–Crippen LogP) is 11.1. The lowest BCUT2D eigenvalue weighted by atomic mass is 9.92. The van der Waals surface area contributed by atoms with Gasteiger partial charge in [-0.25, -0.2) is 4.79 Å². The summed E-state index contributed by atoms with van der Waals surface area (Å²) in [5.41, 5.74) is -1.89. The van der Waals surface area contributed by atoms with Gasteiger partial charge in [-0.15, -0.1) is 0 Å². The fraction of sp³-hybridized carbons (Fsp3) is 0.0488. The third-order valence-corrected chi connectivity index (χ3v) is 10.9. The number of halogens is 6. The van der Waals surface area contributed by atoms with Crippen molar-refractivity contribution < 1.29 is 31.1 Å². The second-order valence-corrected chi connectivity index (χ2v) is 14.0. The zero-order valence-electron chi connectivity index (χ0n) is 26.6. The summed E-state index contributed by atoms with van der Waals surface area (Å²) >= 11 is 0. The first-order valence-corrected chi connectivity index (χ1v) is 17.1. The molecule has 254 valence electrons. The van der Waals surface area contributed by atoms with Crippen LogP contribution in [0.25, 0.3) is 32.7 Å². The maximum absolute atomic E-state index is 13.6. The third-order valence-electron chi connectivity index (χ3n) is 8.45. The lowest BCUT2D eigenvalue weighted by molar-refractivity contribution is -0.143. The molecular formula is C41H27F6N2OP. The molecule has 0 aliphatic heterocycles. The summed E-state index contributed by atoms with van der Waals surface area (Å²) in [6, 6.07) is 43.3. The van der Waals surface area contributed by atoms with Crippen molar-refractivity contribution in [3.05, 3.63) is 163 Å². The summed E-state index contributed by atoms with van der Waals surface area (Å²) in [6.45, 7) is 0. The quantitative estimate of drug-likeness (QED) is 0.131. The molecule has 0 bridgehead atoms. The first-order valence-electron chi connectivity index (χ1n) is 15.8. The smallest absolute Gasteiger partial charge is 0.308 e. The molecule has 51 heavy (non-hydrogen) atoms. The number of hydrogen-bond acceptors (Lipinski definition) is 1. The lowest BCUT2D eigenvalue weighted by Crippen LogP contribution is -2.24. The van der Waals surface area contributed by atoms with E-state index in [0.29, 0.717) is 23.4 Å². The molecule has 3 nitrogen and oxygen atoms in total. The summed E-state index contributed by atoms with van der Waals surface area (Å²) in [5.74, 6) is 0. The zero-order chi connectivity index (χ0) is 35.8. The van der Waals surface area contributed by atoms with Crippen LogP contribution in [-0.2, 0) is 12.4 Å². The van der Waals surface area contributed by atoms with E-state index in [0.717, 1.165) is 43.0 Å². The number of carbonyl (C=O) groups excluding carboxylic acids is 1. The van der Waals surface area contributed by atoms with E-state index in [1.165, 1.54) is 0 Å². The molecule has 7 rings (SSSR count). The molecule has 2 amide bonds. The molecule has 0 atom stereocenters. The molecule has 0 saturated carbocycles. The molecule has 7 aromatic rings. The molecule has 0 saturated heterocycles. The number of alkyl halides is 6. The Kier molecular flexibility index (Phi) is 9.00. The fourth-order valence-electron chi connectivity index (χ4n) is 6.25. The topological polar surface area (TPSA) is 41.1 Å². The standard InChI is InChI=1S/C41H27F6N2OP/c42-40(43,44)28-23-29(41(45,46)47)25-30(24-28)48-39(50)49-35-21-19-26-11-7-9-17-33(26)37(35)38-34-18-10-8-12-27(34)20-22-36(38)51(31-13-3-1-4-14-31)32-15-5-2-6-16-32/h1-25H,(H2,48,49,50). The molecule has 0 radical (unpaired) electrons. The van der Waals surface area contributed by atoms with Crippen LogP contribution >= 0.6 is 7.92 Å². The van der Waals surface area contributed by atoms with E-state index in [-0.39, 0.29) is 6.07 Å². The number of rotatable bonds is 6. The van der Waals surface area contributed by atoms with Crippen molar-refractivity contribution in [2.75, 3.05) is 10.6 Å². The van der Waals surface area contributed by atoms with Crippen LogP contribution in [-0.4, -0.2) is 6.03 Å². The van der Waals surface area contributed by atoms with E-state index in [1.54, 1.807) is 6.07 Å². The van der Waals surface area contributed by atoms with Crippen molar-refractivity contribution in [3.8, 4) is 11.1 Å². The molecule has 0 aliphatic rings. The Morgan fingerprint density at radius 3 is 1.49 bits per heavy atom. The molecule has 0 spiro atoms. The van der Waals surface area contributed by atoms with E-state index in [4.69, 9.17) is 0 Å². The Bertz CT molecular complexity index is 2310. The predicted molar refractivity (Wildman–Crippen MR) is 195 cm³/mol. The van der Waals surface area contributed by atoms with E-state index >= 15 is 0 Å². The van der Waals surface area contributed by atoms with Crippen molar-refractivity contribution in [1.82, 2.24) is 0 Å². The second kappa shape index (κ2) is 13.6. The molecule has 0 heterocycles. The third kappa shape index (κ3) is 7.03. The minimum atomic E-state index is -5.07. The van der Waals surface area contributed by atoms with Gasteiger partial charge in [0.2, 0.25) is 0 Å². The highest BCUT2D eigenvalue weighted by molar-refractivity contribution is 7.80. The first-order chi connectivity index (χ1) is 24.5. The Balaban J connectivity index is 1.43. The minimum absolute atomic E-state index is 0.0181. The lowest BCUT2D eigenvalue weighted by Gasteiger charge is -2.26. The van der Waals surface area contributed by atoms with Gasteiger partial charge in [0.15, 0.2) is 0 Å². The van der Waals surface area contributed by atoms with Crippen LogP contribution in [0.15, 0.2) is 152 Å². The summed E-state index contributed by atoms with van der Waals surface area (Å²) in [7, 11) is -1.16. The van der Waals surface area contributed by atoms with E-state index in [2.05, 4.69) is 47.0 Å². The molecule has 0 aromatic heterocycles. The number of nitrogens with one attached hydrogen (secondary N) is 2. The van der Waals surface area contributed by atoms with Crippen LogP contribution in [0.1, 0.15) is 11.1 Å². The first kappa shape index (κ1) is 33.8. The van der Waals surface area contributed by atoms with Gasteiger partial charge in [0.05, 0.1) is 16.8 Å². The monoisotopic (exact) mass is 708 g/mol. The SMILES string of the molecule is O=C(Nc1cc(C(F)(F)F)cc(C(F)(F)F)c1)Nc1ccc2ccccc2c1-c1c(P(c2ccccc2)c2ccccc2)ccc2ccccc12. The van der Waals surface area contributed by atoms with Gasteiger partial charge >= 0.3 is 18.4 Å². The molecule has 10 heteroatoms.